The highest BCUT2D eigenvalue weighted by Crippen LogP contribution is 2.22. The molecule has 90 valence electrons. The number of nitrogens with one attached hydrogen (secondary N) is 1. The van der Waals surface area contributed by atoms with Crippen molar-refractivity contribution < 1.29 is 14.5 Å². The van der Waals surface area contributed by atoms with E-state index in [2.05, 4.69) is 10.5 Å². The van der Waals surface area contributed by atoms with E-state index in [0.29, 0.717) is 11.3 Å². The molecule has 0 unspecified atom stereocenters. The van der Waals surface area contributed by atoms with Crippen LogP contribution < -0.4 is 10.2 Å². The van der Waals surface area contributed by atoms with Gasteiger partial charge in [0.15, 0.2) is 0 Å². The van der Waals surface area contributed by atoms with Gasteiger partial charge in [0, 0.05) is 24.6 Å². The zero-order valence-corrected chi connectivity index (χ0v) is 9.34. The highest BCUT2D eigenvalue weighted by molar-refractivity contribution is 5.85. The molecule has 1 rings (SSSR count). The normalized spacial score (nSPS) is 10.2. The quantitative estimate of drug-likeness (QED) is 0.481. The fraction of sp³-hybridized carbons (Fsp3) is 0.200. The molecule has 17 heavy (non-hydrogen) atoms. The molecule has 1 aromatic rings. The lowest BCUT2D eigenvalue weighted by atomic mass is 10.2. The zero-order chi connectivity index (χ0) is 12.8. The number of hydrogen-bond acceptors (Lipinski definition) is 5. The van der Waals surface area contributed by atoms with Crippen LogP contribution in [-0.4, -0.2) is 24.2 Å². The maximum absolute atomic E-state index is 10.6. The lowest BCUT2D eigenvalue weighted by molar-refractivity contribution is -0.384. The van der Waals surface area contributed by atoms with Crippen molar-refractivity contribution in [3.05, 3.63) is 33.9 Å². The minimum absolute atomic E-state index is 0.0740. The van der Waals surface area contributed by atoms with Crippen LogP contribution >= 0.6 is 0 Å². The summed E-state index contributed by atoms with van der Waals surface area (Å²) in [5, 5.41) is 14.2. The minimum Gasteiger partial charge on any atom is -0.496 e. The van der Waals surface area contributed by atoms with E-state index in [1.807, 2.05) is 0 Å². The Morgan fingerprint density at radius 1 is 1.59 bits per heavy atom. The minimum atomic E-state index is -0.519. The molecule has 0 atom stereocenters. The van der Waals surface area contributed by atoms with Crippen LogP contribution in [0.3, 0.4) is 0 Å². The number of ether oxygens (including phenoxy) is 1. The molecule has 0 aliphatic rings. The maximum atomic E-state index is 10.6. The fourth-order valence-electron chi connectivity index (χ4n) is 1.13. The van der Waals surface area contributed by atoms with E-state index in [9.17, 15) is 14.9 Å². The van der Waals surface area contributed by atoms with Crippen molar-refractivity contribution in [2.45, 2.75) is 6.92 Å². The maximum Gasteiger partial charge on any atom is 0.270 e. The van der Waals surface area contributed by atoms with E-state index >= 15 is 0 Å². The van der Waals surface area contributed by atoms with Crippen LogP contribution in [0.4, 0.5) is 5.69 Å². The topological polar surface area (TPSA) is 93.8 Å². The van der Waals surface area contributed by atoms with Crippen LogP contribution in [-0.2, 0) is 4.79 Å². The molecule has 1 N–H and O–H groups in total. The van der Waals surface area contributed by atoms with Crippen molar-refractivity contribution >= 4 is 17.8 Å². The lowest BCUT2D eigenvalue weighted by Crippen LogP contribution is -2.12. The molecular formula is C10H11N3O4. The van der Waals surface area contributed by atoms with E-state index in [4.69, 9.17) is 4.74 Å². The average Bonchev–Trinajstić information content (AvgIpc) is 2.28. The number of nitro benzene ring substituents is 1. The van der Waals surface area contributed by atoms with Gasteiger partial charge in [-0.2, -0.15) is 5.10 Å². The molecular weight excluding hydrogens is 226 g/mol. The van der Waals surface area contributed by atoms with Gasteiger partial charge < -0.3 is 4.74 Å². The number of nitro groups is 1. The smallest absolute Gasteiger partial charge is 0.270 e. The van der Waals surface area contributed by atoms with Crippen LogP contribution in [0.15, 0.2) is 23.3 Å². The first-order valence-electron chi connectivity index (χ1n) is 4.66. The van der Waals surface area contributed by atoms with E-state index in [1.165, 1.54) is 38.4 Å². The summed E-state index contributed by atoms with van der Waals surface area (Å²) in [5.74, 6) is 0.107. The monoisotopic (exact) mass is 237 g/mol. The lowest BCUT2D eigenvalue weighted by Gasteiger charge is -2.03. The molecule has 0 bridgehead atoms. The van der Waals surface area contributed by atoms with Gasteiger partial charge in [0.2, 0.25) is 5.91 Å². The van der Waals surface area contributed by atoms with Crippen LogP contribution in [0.1, 0.15) is 12.5 Å². The second-order valence-electron chi connectivity index (χ2n) is 3.11. The Balaban J connectivity index is 3.01. The van der Waals surface area contributed by atoms with Crippen molar-refractivity contribution in [2.75, 3.05) is 7.11 Å². The van der Waals surface area contributed by atoms with Crippen LogP contribution in [0.5, 0.6) is 5.75 Å². The molecule has 0 saturated heterocycles. The summed E-state index contributed by atoms with van der Waals surface area (Å²) < 4.78 is 5.01. The summed E-state index contributed by atoms with van der Waals surface area (Å²) in [5.41, 5.74) is 2.54. The number of rotatable bonds is 4. The van der Waals surface area contributed by atoms with Gasteiger partial charge in [-0.05, 0) is 6.07 Å². The van der Waals surface area contributed by atoms with Gasteiger partial charge in [-0.15, -0.1) is 0 Å². The SMILES string of the molecule is COc1ccc([N+](=O)[O-])cc1/C=N\NC(C)=O. The molecule has 0 aromatic heterocycles. The Morgan fingerprint density at radius 2 is 2.29 bits per heavy atom. The number of amides is 1. The van der Waals surface area contributed by atoms with Gasteiger partial charge in [0.25, 0.3) is 5.69 Å². The molecule has 1 amide bonds. The summed E-state index contributed by atoms with van der Waals surface area (Å²) in [4.78, 5) is 20.7. The van der Waals surface area contributed by atoms with Crippen LogP contribution in [0.2, 0.25) is 0 Å². The molecule has 1 aromatic carbocycles. The van der Waals surface area contributed by atoms with E-state index < -0.39 is 4.92 Å². The second-order valence-corrected chi connectivity index (χ2v) is 3.11. The Bertz CT molecular complexity index is 471. The van der Waals surface area contributed by atoms with Gasteiger partial charge in [-0.1, -0.05) is 0 Å². The van der Waals surface area contributed by atoms with Gasteiger partial charge in [0.1, 0.15) is 5.75 Å². The summed E-state index contributed by atoms with van der Waals surface area (Å²) in [6.45, 7) is 1.31. The van der Waals surface area contributed by atoms with E-state index in [0.717, 1.165) is 0 Å². The van der Waals surface area contributed by atoms with Crippen molar-refractivity contribution in [1.82, 2.24) is 5.43 Å². The number of carbonyl (C=O) groups is 1. The Hall–Kier alpha value is -2.44. The van der Waals surface area contributed by atoms with Gasteiger partial charge in [0.05, 0.1) is 18.2 Å². The van der Waals surface area contributed by atoms with Crippen molar-refractivity contribution in [1.29, 1.82) is 0 Å². The number of benzene rings is 1. The molecule has 7 heteroatoms. The first-order chi connectivity index (χ1) is 8.04. The Labute approximate surface area is 97.2 Å². The predicted molar refractivity (Wildman–Crippen MR) is 61.1 cm³/mol. The first-order valence-corrected chi connectivity index (χ1v) is 4.66. The predicted octanol–water partition coefficient (Wildman–Crippen LogP) is 1.07. The molecule has 0 spiro atoms. The number of nitrogens with zero attached hydrogens (tertiary/aromatic N) is 2. The average molecular weight is 237 g/mol. The highest BCUT2D eigenvalue weighted by atomic mass is 16.6. The van der Waals surface area contributed by atoms with Crippen molar-refractivity contribution in [3.63, 3.8) is 0 Å². The summed E-state index contributed by atoms with van der Waals surface area (Å²) in [6.07, 6.45) is 1.28. The van der Waals surface area contributed by atoms with E-state index in [1.54, 1.807) is 0 Å². The zero-order valence-electron chi connectivity index (χ0n) is 9.34. The Morgan fingerprint density at radius 3 is 2.82 bits per heavy atom. The molecule has 0 aliphatic carbocycles. The second kappa shape index (κ2) is 5.59. The molecule has 0 fully saturated rings. The van der Waals surface area contributed by atoms with Crippen molar-refractivity contribution in [2.24, 2.45) is 5.10 Å². The summed E-state index contributed by atoms with van der Waals surface area (Å²) >= 11 is 0. The Kier molecular flexibility index (Phi) is 4.15. The molecule has 7 nitrogen and oxygen atoms in total. The van der Waals surface area contributed by atoms with Crippen LogP contribution in [0, 0.1) is 10.1 Å². The van der Waals surface area contributed by atoms with Gasteiger partial charge >= 0.3 is 0 Å². The molecule has 0 saturated carbocycles. The molecule has 0 heterocycles. The number of carbonyl (C=O) groups excluding carboxylic acids is 1. The number of hydrogen-bond donors (Lipinski definition) is 1. The number of methoxy groups -OCH3 is 1. The van der Waals surface area contributed by atoms with Crippen LogP contribution in [0.25, 0.3) is 0 Å². The van der Waals surface area contributed by atoms with Gasteiger partial charge in [-0.25, -0.2) is 5.43 Å². The highest BCUT2D eigenvalue weighted by Gasteiger charge is 2.09. The van der Waals surface area contributed by atoms with Gasteiger partial charge in [-0.3, -0.25) is 14.9 Å². The molecule has 0 aliphatic heterocycles. The third kappa shape index (κ3) is 3.56. The number of hydrazone groups is 1. The van der Waals surface area contributed by atoms with E-state index in [-0.39, 0.29) is 11.6 Å². The summed E-state index contributed by atoms with van der Waals surface area (Å²) in [6, 6.07) is 4.10. The summed E-state index contributed by atoms with van der Waals surface area (Å²) in [7, 11) is 1.44. The first kappa shape index (κ1) is 12.6. The third-order valence-corrected chi connectivity index (χ3v) is 1.85. The fourth-order valence-corrected chi connectivity index (χ4v) is 1.13. The largest absolute Gasteiger partial charge is 0.496 e. The number of non-ortho nitro benzene ring substituents is 1. The van der Waals surface area contributed by atoms with Crippen molar-refractivity contribution in [3.8, 4) is 5.75 Å². The third-order valence-electron chi connectivity index (χ3n) is 1.85. The molecule has 0 radical (unpaired) electrons. The standard InChI is InChI=1S/C10H11N3O4/c1-7(14)12-11-6-8-5-9(13(15)16)3-4-10(8)17-2/h3-6H,1-2H3,(H,12,14)/b11-6-.